The van der Waals surface area contributed by atoms with E-state index in [1.807, 2.05) is 0 Å². The van der Waals surface area contributed by atoms with Gasteiger partial charge in [0.25, 0.3) is 0 Å². The van der Waals surface area contributed by atoms with Crippen molar-refractivity contribution < 1.29 is 31.5 Å². The van der Waals surface area contributed by atoms with E-state index in [4.69, 9.17) is 9.84 Å². The molecular formula is C11H21NO7S2. The van der Waals surface area contributed by atoms with Crippen molar-refractivity contribution in [3.8, 4) is 0 Å². The Morgan fingerprint density at radius 1 is 1.19 bits per heavy atom. The Morgan fingerprint density at radius 3 is 2.24 bits per heavy atom. The molecule has 1 N–H and O–H groups in total. The highest BCUT2D eigenvalue weighted by Crippen LogP contribution is 2.17. The van der Waals surface area contributed by atoms with E-state index in [0.29, 0.717) is 12.8 Å². The van der Waals surface area contributed by atoms with Gasteiger partial charge in [0.1, 0.15) is 9.84 Å². The molecule has 1 fully saturated rings. The molecule has 21 heavy (non-hydrogen) atoms. The third kappa shape index (κ3) is 7.21. The summed E-state index contributed by atoms with van der Waals surface area (Å²) in [6.45, 7) is 0.647. The Morgan fingerprint density at radius 2 is 1.76 bits per heavy atom. The number of carboxylic acid groups (broad SMARTS) is 1. The van der Waals surface area contributed by atoms with E-state index in [1.165, 1.54) is 4.31 Å². The van der Waals surface area contributed by atoms with Crippen LogP contribution in [0, 0.1) is 0 Å². The molecule has 0 unspecified atom stereocenters. The SMILES string of the molecule is CS(=O)(=O)CCS(=O)(=O)N1CCC(OCCC(=O)O)CC1. The van der Waals surface area contributed by atoms with Gasteiger partial charge in [-0.3, -0.25) is 4.79 Å². The van der Waals surface area contributed by atoms with E-state index >= 15 is 0 Å². The van der Waals surface area contributed by atoms with Crippen LogP contribution in [0.1, 0.15) is 19.3 Å². The monoisotopic (exact) mass is 343 g/mol. The Labute approximate surface area is 125 Å². The van der Waals surface area contributed by atoms with Gasteiger partial charge in [-0.15, -0.1) is 0 Å². The molecule has 1 saturated heterocycles. The fourth-order valence-corrected chi connectivity index (χ4v) is 5.05. The number of hydrogen-bond donors (Lipinski definition) is 1. The third-order valence-corrected chi connectivity index (χ3v) is 6.25. The number of nitrogens with zero attached hydrogens (tertiary/aromatic N) is 1. The highest BCUT2D eigenvalue weighted by molar-refractivity contribution is 7.93. The predicted molar refractivity (Wildman–Crippen MR) is 76.3 cm³/mol. The quantitative estimate of drug-likeness (QED) is 0.620. The van der Waals surface area contributed by atoms with Gasteiger partial charge in [0.15, 0.2) is 0 Å². The van der Waals surface area contributed by atoms with Crippen molar-refractivity contribution in [1.82, 2.24) is 4.31 Å². The van der Waals surface area contributed by atoms with E-state index in [2.05, 4.69) is 0 Å². The minimum absolute atomic E-state index is 0.0765. The predicted octanol–water partition coefficient (Wildman–Crippen LogP) is -0.683. The first-order valence-corrected chi connectivity index (χ1v) is 10.3. The molecule has 0 aromatic carbocycles. The lowest BCUT2D eigenvalue weighted by Gasteiger charge is -2.31. The first-order chi connectivity index (χ1) is 9.60. The number of piperidine rings is 1. The summed E-state index contributed by atoms with van der Waals surface area (Å²) in [6, 6.07) is 0. The van der Waals surface area contributed by atoms with Crippen molar-refractivity contribution >= 4 is 25.8 Å². The second-order valence-electron chi connectivity index (χ2n) is 5.06. The maximum absolute atomic E-state index is 12.0. The van der Waals surface area contributed by atoms with Gasteiger partial charge in [-0.2, -0.15) is 0 Å². The number of aliphatic carboxylic acids is 1. The first-order valence-electron chi connectivity index (χ1n) is 6.59. The summed E-state index contributed by atoms with van der Waals surface area (Å²) < 4.78 is 52.7. The highest BCUT2D eigenvalue weighted by atomic mass is 32.2. The van der Waals surface area contributed by atoms with Crippen LogP contribution in [0.15, 0.2) is 0 Å². The van der Waals surface area contributed by atoms with E-state index in [0.717, 1.165) is 6.26 Å². The molecule has 1 rings (SSSR count). The topological polar surface area (TPSA) is 118 Å². The summed E-state index contributed by atoms with van der Waals surface area (Å²) in [4.78, 5) is 10.4. The molecule has 1 aliphatic heterocycles. The molecule has 8 nitrogen and oxygen atoms in total. The molecule has 0 aliphatic carbocycles. The smallest absolute Gasteiger partial charge is 0.305 e. The number of ether oxygens (including phenoxy) is 1. The average molecular weight is 343 g/mol. The van der Waals surface area contributed by atoms with E-state index in [-0.39, 0.29) is 38.0 Å². The van der Waals surface area contributed by atoms with Gasteiger partial charge in [0, 0.05) is 19.3 Å². The Bertz CT molecular complexity index is 547. The average Bonchev–Trinajstić information content (AvgIpc) is 2.36. The maximum atomic E-state index is 12.0. The molecule has 0 atom stereocenters. The molecule has 0 amide bonds. The lowest BCUT2D eigenvalue weighted by molar-refractivity contribution is -0.138. The molecule has 0 aromatic heterocycles. The van der Waals surface area contributed by atoms with Crippen molar-refractivity contribution in [2.75, 3.05) is 37.5 Å². The second kappa shape index (κ2) is 7.52. The van der Waals surface area contributed by atoms with Crippen molar-refractivity contribution in [3.63, 3.8) is 0 Å². The van der Waals surface area contributed by atoms with Gasteiger partial charge in [0.2, 0.25) is 10.0 Å². The molecular weight excluding hydrogens is 322 g/mol. The van der Waals surface area contributed by atoms with Crippen LogP contribution < -0.4 is 0 Å². The van der Waals surface area contributed by atoms with E-state index in [9.17, 15) is 21.6 Å². The number of sulfone groups is 1. The minimum Gasteiger partial charge on any atom is -0.481 e. The second-order valence-corrected chi connectivity index (χ2v) is 9.41. The van der Waals surface area contributed by atoms with Crippen molar-refractivity contribution in [3.05, 3.63) is 0 Å². The van der Waals surface area contributed by atoms with Crippen molar-refractivity contribution in [2.45, 2.75) is 25.4 Å². The fourth-order valence-electron chi connectivity index (χ4n) is 1.98. The van der Waals surface area contributed by atoms with Crippen LogP contribution in [0.2, 0.25) is 0 Å². The molecule has 10 heteroatoms. The summed E-state index contributed by atoms with van der Waals surface area (Å²) in [7, 11) is -6.88. The third-order valence-electron chi connectivity index (χ3n) is 3.18. The Kier molecular flexibility index (Phi) is 6.57. The lowest BCUT2D eigenvalue weighted by Crippen LogP contribution is -2.42. The van der Waals surface area contributed by atoms with Gasteiger partial charge in [-0.1, -0.05) is 0 Å². The summed E-state index contributed by atoms with van der Waals surface area (Å²) >= 11 is 0. The molecule has 1 heterocycles. The standard InChI is InChI=1S/C11H21NO7S2/c1-20(15,16)8-9-21(17,18)12-5-2-10(3-6-12)19-7-4-11(13)14/h10H,2-9H2,1H3,(H,13,14). The van der Waals surface area contributed by atoms with Crippen molar-refractivity contribution in [2.24, 2.45) is 0 Å². The molecule has 1 aliphatic rings. The Hall–Kier alpha value is -0.710. The van der Waals surface area contributed by atoms with Crippen LogP contribution in [0.25, 0.3) is 0 Å². The van der Waals surface area contributed by atoms with Crippen molar-refractivity contribution in [1.29, 1.82) is 0 Å². The zero-order valence-corrected chi connectivity index (χ0v) is 13.5. The number of sulfonamides is 1. The van der Waals surface area contributed by atoms with Crippen LogP contribution in [-0.2, 0) is 29.4 Å². The van der Waals surface area contributed by atoms with Gasteiger partial charge >= 0.3 is 5.97 Å². The normalized spacial score (nSPS) is 18.7. The number of rotatable bonds is 8. The van der Waals surface area contributed by atoms with E-state index in [1.54, 1.807) is 0 Å². The lowest BCUT2D eigenvalue weighted by atomic mass is 10.1. The maximum Gasteiger partial charge on any atom is 0.305 e. The van der Waals surface area contributed by atoms with Crippen LogP contribution in [-0.4, -0.2) is 75.8 Å². The number of carbonyl (C=O) groups is 1. The van der Waals surface area contributed by atoms with Crippen LogP contribution in [0.4, 0.5) is 0 Å². The molecule has 0 saturated carbocycles. The zero-order valence-electron chi connectivity index (χ0n) is 11.9. The first kappa shape index (κ1) is 18.3. The Balaban J connectivity index is 2.39. The summed E-state index contributed by atoms with van der Waals surface area (Å²) in [5.74, 6) is -1.73. The summed E-state index contributed by atoms with van der Waals surface area (Å²) in [5.41, 5.74) is 0. The summed E-state index contributed by atoms with van der Waals surface area (Å²) in [6.07, 6.45) is 1.75. The minimum atomic E-state index is -3.57. The summed E-state index contributed by atoms with van der Waals surface area (Å²) in [5, 5.41) is 8.50. The zero-order chi connectivity index (χ0) is 16.1. The number of carboxylic acids is 1. The van der Waals surface area contributed by atoms with Gasteiger partial charge in [-0.25, -0.2) is 21.1 Å². The van der Waals surface area contributed by atoms with Crippen LogP contribution >= 0.6 is 0 Å². The number of hydrogen-bond acceptors (Lipinski definition) is 6. The molecule has 124 valence electrons. The van der Waals surface area contributed by atoms with Gasteiger partial charge in [0.05, 0.1) is 30.6 Å². The van der Waals surface area contributed by atoms with Crippen LogP contribution in [0.3, 0.4) is 0 Å². The van der Waals surface area contributed by atoms with Gasteiger partial charge in [-0.05, 0) is 12.8 Å². The highest BCUT2D eigenvalue weighted by Gasteiger charge is 2.28. The molecule has 0 bridgehead atoms. The fraction of sp³-hybridized carbons (Fsp3) is 0.909. The van der Waals surface area contributed by atoms with E-state index < -0.39 is 31.6 Å². The molecule has 0 aromatic rings. The largest absolute Gasteiger partial charge is 0.481 e. The molecule has 0 spiro atoms. The molecule has 0 radical (unpaired) electrons. The van der Waals surface area contributed by atoms with Crippen LogP contribution in [0.5, 0.6) is 0 Å². The van der Waals surface area contributed by atoms with Gasteiger partial charge < -0.3 is 9.84 Å².